The molecule has 0 fully saturated rings. The van der Waals surface area contributed by atoms with E-state index in [1.807, 2.05) is 32.0 Å². The summed E-state index contributed by atoms with van der Waals surface area (Å²) in [7, 11) is -3.52. The molecule has 0 radical (unpaired) electrons. The van der Waals surface area contributed by atoms with E-state index in [1.54, 1.807) is 23.6 Å². The van der Waals surface area contributed by atoms with Crippen LogP contribution in [0.15, 0.2) is 52.6 Å². The van der Waals surface area contributed by atoms with Crippen molar-refractivity contribution in [1.29, 1.82) is 0 Å². The second-order valence-corrected chi connectivity index (χ2v) is 7.56. The number of aryl methyl sites for hydroxylation is 2. The number of hydrogen-bond donors (Lipinski definition) is 0. The summed E-state index contributed by atoms with van der Waals surface area (Å²) in [5.41, 5.74) is 2.88. The third-order valence-corrected chi connectivity index (χ3v) is 6.28. The van der Waals surface area contributed by atoms with E-state index >= 15 is 0 Å². The largest absolute Gasteiger partial charge is 0.274 e. The maximum absolute atomic E-state index is 12.7. The first-order chi connectivity index (χ1) is 9.46. The minimum Gasteiger partial charge on any atom is -0.262 e. The minimum absolute atomic E-state index is 0.253. The Morgan fingerprint density at radius 1 is 1.25 bits per heavy atom. The summed E-state index contributed by atoms with van der Waals surface area (Å²) >= 11 is 1.22. The van der Waals surface area contributed by atoms with Crippen LogP contribution in [-0.2, 0) is 10.0 Å². The van der Waals surface area contributed by atoms with Crippen LogP contribution in [0.25, 0.3) is 0 Å². The van der Waals surface area contributed by atoms with Crippen LogP contribution in [0.1, 0.15) is 11.1 Å². The van der Waals surface area contributed by atoms with Crippen LogP contribution in [0.3, 0.4) is 0 Å². The molecule has 0 bridgehead atoms. The molecule has 2 rings (SSSR count). The van der Waals surface area contributed by atoms with Gasteiger partial charge in [-0.15, -0.1) is 17.9 Å². The normalized spacial score (nSPS) is 11.3. The Balaban J connectivity index is 2.51. The number of anilines is 1. The molecule has 1 aromatic carbocycles. The van der Waals surface area contributed by atoms with Gasteiger partial charge in [0.15, 0.2) is 0 Å². The van der Waals surface area contributed by atoms with Crippen molar-refractivity contribution in [3.05, 3.63) is 59.5 Å². The molecule has 106 valence electrons. The van der Waals surface area contributed by atoms with E-state index in [0.29, 0.717) is 9.90 Å². The molecule has 0 aliphatic heterocycles. The zero-order chi connectivity index (χ0) is 14.8. The molecule has 5 heteroatoms. The monoisotopic (exact) mass is 307 g/mol. The minimum atomic E-state index is -3.52. The average Bonchev–Trinajstić information content (AvgIpc) is 2.94. The number of rotatable bonds is 5. The number of thiophene rings is 1. The fourth-order valence-corrected chi connectivity index (χ4v) is 4.39. The second-order valence-electron chi connectivity index (χ2n) is 4.53. The Bertz CT molecular complexity index is 703. The lowest BCUT2D eigenvalue weighted by molar-refractivity contribution is 0.595. The topological polar surface area (TPSA) is 37.4 Å². The highest BCUT2D eigenvalue weighted by molar-refractivity contribution is 7.94. The van der Waals surface area contributed by atoms with Crippen LogP contribution in [0.4, 0.5) is 5.69 Å². The quantitative estimate of drug-likeness (QED) is 0.789. The molecule has 20 heavy (non-hydrogen) atoms. The second kappa shape index (κ2) is 5.81. The molecule has 0 saturated carbocycles. The molecule has 1 heterocycles. The van der Waals surface area contributed by atoms with E-state index in [-0.39, 0.29) is 6.54 Å². The van der Waals surface area contributed by atoms with Gasteiger partial charge < -0.3 is 0 Å². The molecule has 1 aromatic heterocycles. The summed E-state index contributed by atoms with van der Waals surface area (Å²) in [6.45, 7) is 7.89. The third kappa shape index (κ3) is 2.78. The van der Waals surface area contributed by atoms with Crippen molar-refractivity contribution in [1.82, 2.24) is 0 Å². The third-order valence-electron chi connectivity index (χ3n) is 3.11. The van der Waals surface area contributed by atoms with Gasteiger partial charge in [0.1, 0.15) is 4.21 Å². The van der Waals surface area contributed by atoms with Gasteiger partial charge in [0.2, 0.25) is 0 Å². The van der Waals surface area contributed by atoms with E-state index in [1.165, 1.54) is 15.6 Å². The maximum atomic E-state index is 12.7. The molecular weight excluding hydrogens is 290 g/mol. The van der Waals surface area contributed by atoms with Crippen LogP contribution in [-0.4, -0.2) is 15.0 Å². The van der Waals surface area contributed by atoms with Gasteiger partial charge in [-0.2, -0.15) is 0 Å². The number of nitrogens with zero attached hydrogens (tertiary/aromatic N) is 1. The predicted molar refractivity (Wildman–Crippen MR) is 85.0 cm³/mol. The van der Waals surface area contributed by atoms with Crippen LogP contribution < -0.4 is 4.31 Å². The molecule has 0 spiro atoms. The summed E-state index contributed by atoms with van der Waals surface area (Å²) in [6, 6.07) is 9.02. The van der Waals surface area contributed by atoms with E-state index in [2.05, 4.69) is 6.58 Å². The van der Waals surface area contributed by atoms with Crippen LogP contribution in [0.5, 0.6) is 0 Å². The van der Waals surface area contributed by atoms with Crippen LogP contribution in [0.2, 0.25) is 0 Å². The molecule has 0 aliphatic carbocycles. The van der Waals surface area contributed by atoms with E-state index in [4.69, 9.17) is 0 Å². The van der Waals surface area contributed by atoms with Crippen molar-refractivity contribution in [3.63, 3.8) is 0 Å². The van der Waals surface area contributed by atoms with Crippen LogP contribution in [0, 0.1) is 13.8 Å². The van der Waals surface area contributed by atoms with Crippen molar-refractivity contribution < 1.29 is 8.42 Å². The Hall–Kier alpha value is -1.59. The molecule has 0 atom stereocenters. The van der Waals surface area contributed by atoms with Gasteiger partial charge in [-0.25, -0.2) is 8.42 Å². The summed E-state index contributed by atoms with van der Waals surface area (Å²) in [6.07, 6.45) is 1.60. The average molecular weight is 307 g/mol. The first-order valence-electron chi connectivity index (χ1n) is 6.21. The van der Waals surface area contributed by atoms with Gasteiger partial charge in [-0.05, 0) is 48.6 Å². The molecule has 3 nitrogen and oxygen atoms in total. The van der Waals surface area contributed by atoms with Gasteiger partial charge in [0, 0.05) is 0 Å². The van der Waals surface area contributed by atoms with Crippen molar-refractivity contribution in [2.45, 2.75) is 18.1 Å². The first kappa shape index (κ1) is 14.8. The highest BCUT2D eigenvalue weighted by Gasteiger charge is 2.25. The van der Waals surface area contributed by atoms with Crippen molar-refractivity contribution in [2.75, 3.05) is 10.8 Å². The van der Waals surface area contributed by atoms with Gasteiger partial charge >= 0.3 is 0 Å². The molecule has 0 N–H and O–H groups in total. The Morgan fingerprint density at radius 2 is 2.00 bits per heavy atom. The number of sulfonamides is 1. The van der Waals surface area contributed by atoms with Gasteiger partial charge in [0.05, 0.1) is 12.2 Å². The van der Waals surface area contributed by atoms with Crippen molar-refractivity contribution >= 4 is 27.0 Å². The first-order valence-corrected chi connectivity index (χ1v) is 8.53. The highest BCUT2D eigenvalue weighted by atomic mass is 32.2. The van der Waals surface area contributed by atoms with Gasteiger partial charge in [-0.3, -0.25) is 4.31 Å². The zero-order valence-corrected chi connectivity index (χ0v) is 13.2. The summed E-state index contributed by atoms with van der Waals surface area (Å²) in [4.78, 5) is 0. The number of hydrogen-bond acceptors (Lipinski definition) is 3. The smallest absolute Gasteiger partial charge is 0.262 e. The predicted octanol–water partition coefficient (Wildman–Crippen LogP) is 3.75. The molecular formula is C15H17NO2S2. The van der Waals surface area contributed by atoms with Crippen molar-refractivity contribution in [2.24, 2.45) is 0 Å². The van der Waals surface area contributed by atoms with Gasteiger partial charge in [-0.1, -0.05) is 18.2 Å². The van der Waals surface area contributed by atoms with Crippen LogP contribution >= 0.6 is 11.3 Å². The molecule has 0 saturated heterocycles. The lowest BCUT2D eigenvalue weighted by atomic mass is 10.1. The molecule has 0 unspecified atom stereocenters. The Labute approximate surface area is 124 Å². The van der Waals surface area contributed by atoms with E-state index in [9.17, 15) is 8.42 Å². The van der Waals surface area contributed by atoms with Gasteiger partial charge in [0.25, 0.3) is 10.0 Å². The zero-order valence-electron chi connectivity index (χ0n) is 11.5. The summed E-state index contributed by atoms with van der Waals surface area (Å²) < 4.78 is 27.1. The molecule has 0 aliphatic rings. The van der Waals surface area contributed by atoms with E-state index in [0.717, 1.165) is 11.1 Å². The number of benzene rings is 1. The maximum Gasteiger partial charge on any atom is 0.274 e. The van der Waals surface area contributed by atoms with Crippen molar-refractivity contribution in [3.8, 4) is 0 Å². The fraction of sp³-hybridized carbons (Fsp3) is 0.200. The fourth-order valence-electron chi connectivity index (χ4n) is 1.86. The SMILES string of the molecule is C=CCN(c1ccc(C)c(C)c1)S(=O)(=O)c1cccs1. The summed E-state index contributed by atoms with van der Waals surface area (Å²) in [5.74, 6) is 0. The van der Waals surface area contributed by atoms with E-state index < -0.39 is 10.0 Å². The standard InChI is InChI=1S/C15H17NO2S2/c1-4-9-16(14-8-7-12(2)13(3)11-14)20(17,18)15-6-5-10-19-15/h4-8,10-11H,1,9H2,2-3H3. The summed E-state index contributed by atoms with van der Waals surface area (Å²) in [5, 5.41) is 1.76. The Kier molecular flexibility index (Phi) is 4.30. The highest BCUT2D eigenvalue weighted by Crippen LogP contribution is 2.27. The lowest BCUT2D eigenvalue weighted by Gasteiger charge is -2.23. The lowest BCUT2D eigenvalue weighted by Crippen LogP contribution is -2.30. The molecule has 0 amide bonds. The molecule has 2 aromatic rings. The Morgan fingerprint density at radius 3 is 2.55 bits per heavy atom.